The maximum atomic E-state index is 12.1. The van der Waals surface area contributed by atoms with Crippen LogP contribution in [-0.4, -0.2) is 42.3 Å². The number of ether oxygens (including phenoxy) is 3. The molecule has 0 spiro atoms. The van der Waals surface area contributed by atoms with Crippen LogP contribution in [0.3, 0.4) is 0 Å². The quantitative estimate of drug-likeness (QED) is 0.286. The molecule has 3 aromatic carbocycles. The van der Waals surface area contributed by atoms with Crippen molar-refractivity contribution in [1.29, 1.82) is 0 Å². The molecule has 0 atom stereocenters. The Balaban J connectivity index is 1.25. The first-order chi connectivity index (χ1) is 17.2. The van der Waals surface area contributed by atoms with Crippen LogP contribution in [0.1, 0.15) is 18.7 Å². The fraction of sp³-hybridized carbons (Fsp3) is 0.286. The van der Waals surface area contributed by atoms with Crippen LogP contribution in [0.15, 0.2) is 78.9 Å². The van der Waals surface area contributed by atoms with Gasteiger partial charge in [-0.2, -0.15) is 0 Å². The summed E-state index contributed by atoms with van der Waals surface area (Å²) in [6, 6.07) is 25.1. The summed E-state index contributed by atoms with van der Waals surface area (Å²) in [4.78, 5) is 16.9. The number of para-hydroxylation sites is 3. The van der Waals surface area contributed by atoms with E-state index >= 15 is 0 Å². The van der Waals surface area contributed by atoms with Crippen molar-refractivity contribution >= 4 is 16.9 Å². The first-order valence-electron chi connectivity index (χ1n) is 11.9. The molecule has 4 aromatic rings. The molecule has 0 saturated carbocycles. The first-order valence-corrected chi connectivity index (χ1v) is 11.9. The van der Waals surface area contributed by atoms with E-state index in [4.69, 9.17) is 19.2 Å². The molecule has 0 fully saturated rings. The van der Waals surface area contributed by atoms with Crippen LogP contribution >= 0.6 is 0 Å². The SMILES string of the molecule is COc1ccc(OCCCn2c(CCCNC(=O)COc3ccccc3)nc3ccccc32)cc1. The average Bonchev–Trinajstić information content (AvgIpc) is 3.26. The Morgan fingerprint density at radius 1 is 0.857 bits per heavy atom. The van der Waals surface area contributed by atoms with Gasteiger partial charge in [0.15, 0.2) is 6.61 Å². The molecule has 1 heterocycles. The summed E-state index contributed by atoms with van der Waals surface area (Å²) in [7, 11) is 1.65. The Bertz CT molecular complexity index is 1210. The zero-order chi connectivity index (χ0) is 24.3. The third-order valence-electron chi connectivity index (χ3n) is 5.60. The van der Waals surface area contributed by atoms with Gasteiger partial charge in [-0.1, -0.05) is 30.3 Å². The molecule has 7 nitrogen and oxygen atoms in total. The van der Waals surface area contributed by atoms with Gasteiger partial charge in [-0.05, 0) is 61.4 Å². The molecule has 0 aliphatic carbocycles. The number of rotatable bonds is 13. The van der Waals surface area contributed by atoms with E-state index in [2.05, 4.69) is 16.0 Å². The molecule has 7 heteroatoms. The Labute approximate surface area is 205 Å². The van der Waals surface area contributed by atoms with E-state index < -0.39 is 0 Å². The fourth-order valence-electron chi connectivity index (χ4n) is 3.84. The van der Waals surface area contributed by atoms with Crippen molar-refractivity contribution in [1.82, 2.24) is 14.9 Å². The highest BCUT2D eigenvalue weighted by Gasteiger charge is 2.11. The summed E-state index contributed by atoms with van der Waals surface area (Å²) in [6.45, 7) is 2.00. The van der Waals surface area contributed by atoms with Crippen molar-refractivity contribution < 1.29 is 19.0 Å². The molecule has 0 aliphatic heterocycles. The van der Waals surface area contributed by atoms with E-state index in [1.54, 1.807) is 7.11 Å². The molecule has 35 heavy (non-hydrogen) atoms. The maximum Gasteiger partial charge on any atom is 0.257 e. The lowest BCUT2D eigenvalue weighted by Crippen LogP contribution is -2.30. The minimum absolute atomic E-state index is 0.0106. The normalized spacial score (nSPS) is 10.8. The molecule has 4 rings (SSSR count). The number of aryl methyl sites for hydroxylation is 2. The van der Waals surface area contributed by atoms with Gasteiger partial charge in [-0.3, -0.25) is 4.79 Å². The molecule has 1 amide bonds. The zero-order valence-electron chi connectivity index (χ0n) is 20.0. The molecule has 0 unspecified atom stereocenters. The third kappa shape index (κ3) is 6.99. The van der Waals surface area contributed by atoms with E-state index in [0.29, 0.717) is 18.9 Å². The van der Waals surface area contributed by atoms with Gasteiger partial charge < -0.3 is 24.1 Å². The Morgan fingerprint density at radius 2 is 1.57 bits per heavy atom. The van der Waals surface area contributed by atoms with Gasteiger partial charge in [0, 0.05) is 19.5 Å². The number of methoxy groups -OCH3 is 1. The van der Waals surface area contributed by atoms with Crippen LogP contribution in [0.2, 0.25) is 0 Å². The smallest absolute Gasteiger partial charge is 0.257 e. The van der Waals surface area contributed by atoms with Gasteiger partial charge in [0.1, 0.15) is 23.1 Å². The Kier molecular flexibility index (Phi) is 8.59. The van der Waals surface area contributed by atoms with Crippen LogP contribution in [0, 0.1) is 0 Å². The monoisotopic (exact) mass is 473 g/mol. The van der Waals surface area contributed by atoms with Gasteiger partial charge in [-0.15, -0.1) is 0 Å². The van der Waals surface area contributed by atoms with Crippen LogP contribution in [0.25, 0.3) is 11.0 Å². The summed E-state index contributed by atoms with van der Waals surface area (Å²) in [5.41, 5.74) is 2.10. The highest BCUT2D eigenvalue weighted by Crippen LogP contribution is 2.19. The topological polar surface area (TPSA) is 74.6 Å². The van der Waals surface area contributed by atoms with Crippen molar-refractivity contribution in [2.45, 2.75) is 25.8 Å². The summed E-state index contributed by atoms with van der Waals surface area (Å²) >= 11 is 0. The number of aromatic nitrogens is 2. The van der Waals surface area contributed by atoms with E-state index in [9.17, 15) is 4.79 Å². The number of hydrogen-bond donors (Lipinski definition) is 1. The Morgan fingerprint density at radius 3 is 2.37 bits per heavy atom. The lowest BCUT2D eigenvalue weighted by Gasteiger charge is -2.11. The zero-order valence-corrected chi connectivity index (χ0v) is 20.0. The summed E-state index contributed by atoms with van der Waals surface area (Å²) < 4.78 is 18.8. The van der Waals surface area contributed by atoms with E-state index in [0.717, 1.165) is 54.2 Å². The van der Waals surface area contributed by atoms with E-state index in [-0.39, 0.29) is 12.5 Å². The summed E-state index contributed by atoms with van der Waals surface area (Å²) in [5.74, 6) is 3.22. The van der Waals surface area contributed by atoms with Gasteiger partial charge in [0.05, 0.1) is 24.8 Å². The minimum Gasteiger partial charge on any atom is -0.497 e. The lowest BCUT2D eigenvalue weighted by atomic mass is 10.2. The molecule has 1 N–H and O–H groups in total. The van der Waals surface area contributed by atoms with E-state index in [1.807, 2.05) is 72.8 Å². The third-order valence-corrected chi connectivity index (χ3v) is 5.60. The molecular formula is C28H31N3O4. The number of nitrogens with one attached hydrogen (secondary N) is 1. The fourth-order valence-corrected chi connectivity index (χ4v) is 3.84. The van der Waals surface area contributed by atoms with Gasteiger partial charge in [0.2, 0.25) is 0 Å². The number of amides is 1. The van der Waals surface area contributed by atoms with Crippen molar-refractivity contribution in [3.63, 3.8) is 0 Å². The second-order valence-corrected chi connectivity index (χ2v) is 8.10. The van der Waals surface area contributed by atoms with Crippen LogP contribution < -0.4 is 19.5 Å². The molecule has 0 radical (unpaired) electrons. The molecule has 0 bridgehead atoms. The highest BCUT2D eigenvalue weighted by molar-refractivity contribution is 5.77. The maximum absolute atomic E-state index is 12.1. The largest absolute Gasteiger partial charge is 0.497 e. The number of benzene rings is 3. The van der Waals surface area contributed by atoms with Crippen LogP contribution in [0.5, 0.6) is 17.2 Å². The van der Waals surface area contributed by atoms with E-state index in [1.165, 1.54) is 0 Å². The first kappa shape index (κ1) is 24.1. The summed E-state index contributed by atoms with van der Waals surface area (Å²) in [5, 5.41) is 2.93. The minimum atomic E-state index is -0.127. The predicted octanol–water partition coefficient (Wildman–Crippen LogP) is 4.64. The molecule has 1 aromatic heterocycles. The van der Waals surface area contributed by atoms with Gasteiger partial charge >= 0.3 is 0 Å². The predicted molar refractivity (Wildman–Crippen MR) is 136 cm³/mol. The molecule has 0 saturated heterocycles. The van der Waals surface area contributed by atoms with Crippen molar-refractivity contribution in [3.8, 4) is 17.2 Å². The summed E-state index contributed by atoms with van der Waals surface area (Å²) in [6.07, 6.45) is 2.42. The lowest BCUT2D eigenvalue weighted by molar-refractivity contribution is -0.123. The van der Waals surface area contributed by atoms with Crippen molar-refractivity contribution in [2.75, 3.05) is 26.9 Å². The number of hydrogen-bond acceptors (Lipinski definition) is 5. The number of imidazole rings is 1. The Hall–Kier alpha value is -4.00. The van der Waals surface area contributed by atoms with Crippen LogP contribution in [0.4, 0.5) is 0 Å². The second kappa shape index (κ2) is 12.5. The van der Waals surface area contributed by atoms with Gasteiger partial charge in [-0.25, -0.2) is 4.98 Å². The van der Waals surface area contributed by atoms with Crippen molar-refractivity contribution in [3.05, 3.63) is 84.7 Å². The standard InChI is InChI=1S/C28H31N3O4/c1-33-22-14-16-24(17-15-22)34-20-8-19-31-26-12-6-5-11-25(26)30-27(31)13-7-18-29-28(32)21-35-23-9-3-2-4-10-23/h2-6,9-12,14-17H,7-8,13,18-21H2,1H3,(H,29,32). The number of fused-ring (bicyclic) bond motifs is 1. The molecule has 0 aliphatic rings. The van der Waals surface area contributed by atoms with Crippen molar-refractivity contribution in [2.24, 2.45) is 0 Å². The van der Waals surface area contributed by atoms with Gasteiger partial charge in [0.25, 0.3) is 5.91 Å². The number of carbonyl (C=O) groups is 1. The molecular weight excluding hydrogens is 442 g/mol. The highest BCUT2D eigenvalue weighted by atomic mass is 16.5. The average molecular weight is 474 g/mol. The second-order valence-electron chi connectivity index (χ2n) is 8.10. The molecule has 182 valence electrons. The number of carbonyl (C=O) groups excluding carboxylic acids is 1. The number of nitrogens with zero attached hydrogens (tertiary/aromatic N) is 2. The van der Waals surface area contributed by atoms with Crippen LogP contribution in [-0.2, 0) is 17.8 Å².